The molecule has 0 unspecified atom stereocenters. The van der Waals surface area contributed by atoms with Crippen LogP contribution in [0.15, 0.2) is 0 Å². The van der Waals surface area contributed by atoms with Crippen molar-refractivity contribution in [3.05, 3.63) is 0 Å². The van der Waals surface area contributed by atoms with Gasteiger partial charge in [-0.05, 0) is 26.7 Å². The second-order valence-electron chi connectivity index (χ2n) is 6.45. The van der Waals surface area contributed by atoms with Gasteiger partial charge in [0.15, 0.2) is 0 Å². The van der Waals surface area contributed by atoms with Crippen LogP contribution in [0.5, 0.6) is 0 Å². The molecule has 0 radical (unpaired) electrons. The highest BCUT2D eigenvalue weighted by Crippen LogP contribution is 2.12. The molecule has 0 saturated heterocycles. The Labute approximate surface area is 131 Å². The third-order valence-electron chi connectivity index (χ3n) is 3.70. The third kappa shape index (κ3) is 12.8. The molecule has 0 aromatic rings. The standard InChI is InChI=1S/C17H34ClNO/c1-4-5-6-7-8-9-10-11-12-13-16(20)19-17(2,3)14-15-18/h4-15H2,1-3H3,(H,19,20). The first-order valence-corrected chi connectivity index (χ1v) is 8.92. The summed E-state index contributed by atoms with van der Waals surface area (Å²) in [5.74, 6) is 0.758. The number of amides is 1. The van der Waals surface area contributed by atoms with Crippen molar-refractivity contribution in [3.8, 4) is 0 Å². The van der Waals surface area contributed by atoms with E-state index in [4.69, 9.17) is 11.6 Å². The van der Waals surface area contributed by atoms with Gasteiger partial charge in [0, 0.05) is 17.8 Å². The number of rotatable bonds is 13. The monoisotopic (exact) mass is 303 g/mol. The zero-order valence-electron chi connectivity index (χ0n) is 13.8. The van der Waals surface area contributed by atoms with Gasteiger partial charge in [0.05, 0.1) is 0 Å². The van der Waals surface area contributed by atoms with E-state index >= 15 is 0 Å². The smallest absolute Gasteiger partial charge is 0.220 e. The Morgan fingerprint density at radius 2 is 1.45 bits per heavy atom. The minimum atomic E-state index is -0.169. The molecule has 0 aromatic carbocycles. The number of unbranched alkanes of at least 4 members (excludes halogenated alkanes) is 8. The topological polar surface area (TPSA) is 29.1 Å². The fourth-order valence-corrected chi connectivity index (χ4v) is 2.81. The largest absolute Gasteiger partial charge is 0.351 e. The lowest BCUT2D eigenvalue weighted by Gasteiger charge is -2.25. The highest BCUT2D eigenvalue weighted by Gasteiger charge is 2.18. The van der Waals surface area contributed by atoms with Crippen LogP contribution in [-0.2, 0) is 4.79 Å². The van der Waals surface area contributed by atoms with Crippen molar-refractivity contribution in [1.29, 1.82) is 0 Å². The van der Waals surface area contributed by atoms with Crippen molar-refractivity contribution in [1.82, 2.24) is 5.32 Å². The molecule has 0 fully saturated rings. The normalized spacial score (nSPS) is 11.6. The first kappa shape index (κ1) is 19.8. The van der Waals surface area contributed by atoms with Gasteiger partial charge in [-0.25, -0.2) is 0 Å². The van der Waals surface area contributed by atoms with E-state index in [9.17, 15) is 4.79 Å². The van der Waals surface area contributed by atoms with E-state index in [0.717, 1.165) is 12.8 Å². The number of nitrogens with one attached hydrogen (secondary N) is 1. The molecule has 0 aliphatic carbocycles. The molecule has 120 valence electrons. The molecule has 0 bridgehead atoms. The zero-order valence-corrected chi connectivity index (χ0v) is 14.5. The Kier molecular flexibility index (Phi) is 12.3. The molecule has 0 aromatic heterocycles. The Morgan fingerprint density at radius 1 is 0.950 bits per heavy atom. The average Bonchev–Trinajstić information content (AvgIpc) is 2.36. The van der Waals surface area contributed by atoms with Crippen LogP contribution >= 0.6 is 11.6 Å². The molecule has 0 rings (SSSR count). The van der Waals surface area contributed by atoms with Gasteiger partial charge in [-0.15, -0.1) is 11.6 Å². The van der Waals surface area contributed by atoms with E-state index < -0.39 is 0 Å². The van der Waals surface area contributed by atoms with Crippen molar-refractivity contribution < 1.29 is 4.79 Å². The van der Waals surface area contributed by atoms with Gasteiger partial charge in [0.25, 0.3) is 0 Å². The van der Waals surface area contributed by atoms with E-state index in [1.165, 1.54) is 51.4 Å². The minimum Gasteiger partial charge on any atom is -0.351 e. The molecule has 0 aliphatic rings. The van der Waals surface area contributed by atoms with Crippen molar-refractivity contribution >= 4 is 17.5 Å². The van der Waals surface area contributed by atoms with Crippen LogP contribution in [0, 0.1) is 0 Å². The number of carbonyl (C=O) groups excluding carboxylic acids is 1. The van der Waals surface area contributed by atoms with Gasteiger partial charge in [0.2, 0.25) is 5.91 Å². The molecule has 0 saturated carbocycles. The lowest BCUT2D eigenvalue weighted by molar-refractivity contribution is -0.122. The van der Waals surface area contributed by atoms with Gasteiger partial charge >= 0.3 is 0 Å². The Morgan fingerprint density at radius 3 is 1.95 bits per heavy atom. The van der Waals surface area contributed by atoms with E-state index in [-0.39, 0.29) is 11.4 Å². The fraction of sp³-hybridized carbons (Fsp3) is 0.941. The van der Waals surface area contributed by atoms with Crippen molar-refractivity contribution in [2.45, 2.75) is 96.9 Å². The van der Waals surface area contributed by atoms with Gasteiger partial charge in [0.1, 0.15) is 0 Å². The maximum Gasteiger partial charge on any atom is 0.220 e. The Hall–Kier alpha value is -0.240. The van der Waals surface area contributed by atoms with Crippen LogP contribution in [-0.4, -0.2) is 17.3 Å². The molecule has 0 spiro atoms. The quantitative estimate of drug-likeness (QED) is 0.357. The molecule has 0 aliphatic heterocycles. The summed E-state index contributed by atoms with van der Waals surface area (Å²) in [6.07, 6.45) is 13.1. The number of hydrogen-bond donors (Lipinski definition) is 1. The number of alkyl halides is 1. The summed E-state index contributed by atoms with van der Waals surface area (Å²) < 4.78 is 0. The second kappa shape index (κ2) is 12.5. The summed E-state index contributed by atoms with van der Waals surface area (Å²) >= 11 is 5.73. The second-order valence-corrected chi connectivity index (χ2v) is 6.83. The molecule has 1 N–H and O–H groups in total. The van der Waals surface area contributed by atoms with Crippen LogP contribution in [0.2, 0.25) is 0 Å². The third-order valence-corrected chi connectivity index (χ3v) is 3.89. The lowest BCUT2D eigenvalue weighted by atomic mass is 10.0. The molecule has 2 nitrogen and oxygen atoms in total. The van der Waals surface area contributed by atoms with E-state index in [0.29, 0.717) is 12.3 Å². The van der Waals surface area contributed by atoms with Gasteiger partial charge in [-0.2, -0.15) is 0 Å². The molecular weight excluding hydrogens is 270 g/mol. The molecule has 3 heteroatoms. The first-order chi connectivity index (χ1) is 9.52. The summed E-state index contributed by atoms with van der Waals surface area (Å²) in [5.41, 5.74) is -0.169. The minimum absolute atomic E-state index is 0.169. The highest BCUT2D eigenvalue weighted by molar-refractivity contribution is 6.17. The fourth-order valence-electron chi connectivity index (χ4n) is 2.33. The van der Waals surface area contributed by atoms with E-state index in [2.05, 4.69) is 12.2 Å². The van der Waals surface area contributed by atoms with Crippen LogP contribution in [0.25, 0.3) is 0 Å². The Balaban J connectivity index is 3.40. The first-order valence-electron chi connectivity index (χ1n) is 8.39. The summed E-state index contributed by atoms with van der Waals surface area (Å²) in [7, 11) is 0. The SMILES string of the molecule is CCCCCCCCCCCC(=O)NC(C)(C)CCCl. The van der Waals surface area contributed by atoms with Crippen molar-refractivity contribution in [2.75, 3.05) is 5.88 Å². The summed E-state index contributed by atoms with van der Waals surface area (Å²) in [6, 6.07) is 0. The van der Waals surface area contributed by atoms with Crippen LogP contribution in [0.3, 0.4) is 0 Å². The molecule has 0 heterocycles. The molecule has 1 amide bonds. The maximum atomic E-state index is 11.8. The lowest BCUT2D eigenvalue weighted by Crippen LogP contribution is -2.43. The van der Waals surface area contributed by atoms with Crippen LogP contribution in [0.4, 0.5) is 0 Å². The molecular formula is C17H34ClNO. The predicted octanol–water partition coefficient (Wildman–Crippen LogP) is 5.43. The van der Waals surface area contributed by atoms with Crippen molar-refractivity contribution in [3.63, 3.8) is 0 Å². The number of carbonyl (C=O) groups is 1. The summed E-state index contributed by atoms with van der Waals surface area (Å²) in [5, 5.41) is 3.06. The van der Waals surface area contributed by atoms with E-state index in [1.807, 2.05) is 13.8 Å². The zero-order chi connectivity index (χ0) is 15.3. The van der Waals surface area contributed by atoms with Gasteiger partial charge in [-0.1, -0.05) is 58.3 Å². The van der Waals surface area contributed by atoms with Crippen LogP contribution < -0.4 is 5.32 Å². The highest BCUT2D eigenvalue weighted by atomic mass is 35.5. The summed E-state index contributed by atoms with van der Waals surface area (Å²) in [4.78, 5) is 11.8. The molecule has 0 atom stereocenters. The number of hydrogen-bond acceptors (Lipinski definition) is 1. The van der Waals surface area contributed by atoms with E-state index in [1.54, 1.807) is 0 Å². The van der Waals surface area contributed by atoms with Gasteiger partial charge in [-0.3, -0.25) is 4.79 Å². The molecule has 20 heavy (non-hydrogen) atoms. The van der Waals surface area contributed by atoms with Crippen LogP contribution in [0.1, 0.15) is 91.4 Å². The predicted molar refractivity (Wildman–Crippen MR) is 89.4 cm³/mol. The maximum absolute atomic E-state index is 11.8. The van der Waals surface area contributed by atoms with Gasteiger partial charge < -0.3 is 5.32 Å². The Bertz CT molecular complexity index is 241. The summed E-state index contributed by atoms with van der Waals surface area (Å²) in [6.45, 7) is 6.31. The average molecular weight is 304 g/mol. The van der Waals surface area contributed by atoms with Crippen molar-refractivity contribution in [2.24, 2.45) is 0 Å². The number of halogens is 1.